The van der Waals surface area contributed by atoms with Crippen molar-refractivity contribution in [2.45, 2.75) is 33.2 Å². The van der Waals surface area contributed by atoms with Crippen LogP contribution in [0.5, 0.6) is 11.5 Å². The normalized spacial score (nSPS) is 15.2. The number of rotatable bonds is 6. The summed E-state index contributed by atoms with van der Waals surface area (Å²) in [5.41, 5.74) is 5.55. The summed E-state index contributed by atoms with van der Waals surface area (Å²) in [6, 6.07) is 14.1. The number of aromatic nitrogens is 2. The van der Waals surface area contributed by atoms with E-state index in [1.54, 1.807) is 60.6 Å². The average Bonchev–Trinajstić information content (AvgIpc) is 2.87. The third kappa shape index (κ3) is 5.29. The van der Waals surface area contributed by atoms with Gasteiger partial charge in [0.05, 0.1) is 16.8 Å². The molecule has 2 aromatic carbocycles. The van der Waals surface area contributed by atoms with Gasteiger partial charge in [0, 0.05) is 43.0 Å². The number of nitriles is 1. The van der Waals surface area contributed by atoms with E-state index in [1.807, 2.05) is 6.92 Å². The van der Waals surface area contributed by atoms with Gasteiger partial charge in [0.2, 0.25) is 0 Å². The number of ether oxygens (including phenoxy) is 1. The zero-order chi connectivity index (χ0) is 25.8. The van der Waals surface area contributed by atoms with Crippen LogP contribution < -0.4 is 4.74 Å². The van der Waals surface area contributed by atoms with Gasteiger partial charge in [0.15, 0.2) is 0 Å². The second-order valence-corrected chi connectivity index (χ2v) is 9.22. The molecule has 1 amide bonds. The van der Waals surface area contributed by atoms with Crippen molar-refractivity contribution in [2.75, 3.05) is 13.6 Å². The largest absolute Gasteiger partial charge is 0.454 e. The molecule has 0 spiro atoms. The maximum Gasteiger partial charge on any atom is 0.253 e. The minimum Gasteiger partial charge on any atom is -0.454 e. The quantitative estimate of drug-likeness (QED) is 0.382. The summed E-state index contributed by atoms with van der Waals surface area (Å²) in [5, 5.41) is 10.1. The number of dihydropyridines is 1. The number of halogens is 1. The minimum absolute atomic E-state index is 0.0563. The molecule has 1 aliphatic rings. The molecule has 7 nitrogen and oxygen atoms in total. The second-order valence-electron chi connectivity index (χ2n) is 8.82. The Balaban J connectivity index is 1.54. The maximum atomic E-state index is 13.1. The van der Waals surface area contributed by atoms with E-state index in [1.165, 1.54) is 11.9 Å². The van der Waals surface area contributed by atoms with Crippen LogP contribution in [0.1, 0.15) is 43.1 Å². The van der Waals surface area contributed by atoms with Gasteiger partial charge in [0.25, 0.3) is 5.91 Å². The Labute approximate surface area is 215 Å². The number of allylic oxidation sites excluding steroid dienone is 1. The zero-order valence-electron chi connectivity index (χ0n) is 20.6. The molecule has 182 valence electrons. The van der Waals surface area contributed by atoms with Crippen LogP contribution in [0.2, 0.25) is 5.02 Å². The van der Waals surface area contributed by atoms with Crippen molar-refractivity contribution >= 4 is 23.2 Å². The molecule has 36 heavy (non-hydrogen) atoms. The smallest absolute Gasteiger partial charge is 0.253 e. The van der Waals surface area contributed by atoms with Crippen LogP contribution in [0.25, 0.3) is 11.3 Å². The Bertz CT molecular complexity index is 1410. The van der Waals surface area contributed by atoms with Gasteiger partial charge in [-0.1, -0.05) is 29.3 Å². The van der Waals surface area contributed by atoms with E-state index in [4.69, 9.17) is 16.3 Å². The number of hydrogen-bond acceptors (Lipinski definition) is 6. The number of aliphatic imine (C=N–C) groups is 1. The lowest BCUT2D eigenvalue weighted by molar-refractivity contribution is 0.0805. The SMILES string of the molecule is CC1=NC(C)C(CN(C)C(=O)c2ccc(Oc3cccc(-c4ccncn4)c3C#N)c(Cl)c2)=C(C)C1. The molecular weight excluding hydrogens is 474 g/mol. The highest BCUT2D eigenvalue weighted by Crippen LogP contribution is 2.35. The van der Waals surface area contributed by atoms with Gasteiger partial charge in [-0.2, -0.15) is 5.26 Å². The molecular formula is C28H26ClN5O2. The van der Waals surface area contributed by atoms with Crippen molar-refractivity contribution in [3.8, 4) is 28.8 Å². The minimum atomic E-state index is -0.148. The highest BCUT2D eigenvalue weighted by atomic mass is 35.5. The lowest BCUT2D eigenvalue weighted by atomic mass is 9.95. The fourth-order valence-corrected chi connectivity index (χ4v) is 4.57. The van der Waals surface area contributed by atoms with E-state index >= 15 is 0 Å². The van der Waals surface area contributed by atoms with E-state index in [9.17, 15) is 10.1 Å². The van der Waals surface area contributed by atoms with E-state index in [2.05, 4.69) is 34.9 Å². The first kappa shape index (κ1) is 25.1. The average molecular weight is 500 g/mol. The summed E-state index contributed by atoms with van der Waals surface area (Å²) in [4.78, 5) is 27.6. The molecule has 2 heterocycles. The van der Waals surface area contributed by atoms with Gasteiger partial charge in [-0.3, -0.25) is 9.79 Å². The summed E-state index contributed by atoms with van der Waals surface area (Å²) in [6.45, 7) is 6.68. The van der Waals surface area contributed by atoms with Crippen LogP contribution in [0.4, 0.5) is 0 Å². The first-order valence-corrected chi connectivity index (χ1v) is 11.9. The Kier molecular flexibility index (Phi) is 7.47. The van der Waals surface area contributed by atoms with Crippen molar-refractivity contribution in [1.82, 2.24) is 14.9 Å². The number of amides is 1. The predicted octanol–water partition coefficient (Wildman–Crippen LogP) is 6.10. The van der Waals surface area contributed by atoms with Crippen molar-refractivity contribution in [1.29, 1.82) is 5.26 Å². The second kappa shape index (κ2) is 10.7. The van der Waals surface area contributed by atoms with Crippen LogP contribution >= 0.6 is 11.6 Å². The molecule has 0 bridgehead atoms. The summed E-state index contributed by atoms with van der Waals surface area (Å²) in [6.07, 6.45) is 3.87. The summed E-state index contributed by atoms with van der Waals surface area (Å²) < 4.78 is 6.00. The van der Waals surface area contributed by atoms with E-state index in [0.717, 1.165) is 17.7 Å². The molecule has 0 saturated heterocycles. The molecule has 8 heteroatoms. The molecule has 3 aromatic rings. The number of carbonyl (C=O) groups is 1. The van der Waals surface area contributed by atoms with Crippen molar-refractivity contribution in [3.63, 3.8) is 0 Å². The topological polar surface area (TPSA) is 91.5 Å². The molecule has 0 N–H and O–H groups in total. The molecule has 0 saturated carbocycles. The summed E-state index contributed by atoms with van der Waals surface area (Å²) in [5.74, 6) is 0.540. The third-order valence-electron chi connectivity index (χ3n) is 6.14. The Hall–Kier alpha value is -4.02. The monoisotopic (exact) mass is 499 g/mol. The molecule has 1 aliphatic heterocycles. The molecule has 1 unspecified atom stereocenters. The van der Waals surface area contributed by atoms with E-state index in [-0.39, 0.29) is 17.0 Å². The number of nitrogens with zero attached hydrogens (tertiary/aromatic N) is 5. The van der Waals surface area contributed by atoms with Gasteiger partial charge >= 0.3 is 0 Å². The fraction of sp³-hybridized carbons (Fsp3) is 0.250. The van der Waals surface area contributed by atoms with Crippen molar-refractivity contribution in [3.05, 3.63) is 82.3 Å². The molecule has 0 radical (unpaired) electrons. The van der Waals surface area contributed by atoms with Crippen molar-refractivity contribution < 1.29 is 9.53 Å². The Morgan fingerprint density at radius 1 is 1.22 bits per heavy atom. The number of hydrogen-bond donors (Lipinski definition) is 0. The Morgan fingerprint density at radius 2 is 2.03 bits per heavy atom. The predicted molar refractivity (Wildman–Crippen MR) is 141 cm³/mol. The lowest BCUT2D eigenvalue weighted by Gasteiger charge is -2.27. The van der Waals surface area contributed by atoms with Crippen LogP contribution in [-0.2, 0) is 0 Å². The first-order valence-electron chi connectivity index (χ1n) is 11.5. The molecule has 0 fully saturated rings. The van der Waals surface area contributed by atoms with Gasteiger partial charge < -0.3 is 9.64 Å². The third-order valence-corrected chi connectivity index (χ3v) is 6.43. The van der Waals surface area contributed by atoms with Crippen LogP contribution in [0.15, 0.2) is 71.1 Å². The van der Waals surface area contributed by atoms with Crippen LogP contribution in [0.3, 0.4) is 0 Å². The van der Waals surface area contributed by atoms with E-state index in [0.29, 0.717) is 40.4 Å². The molecule has 0 aliphatic carbocycles. The van der Waals surface area contributed by atoms with Gasteiger partial charge in [-0.25, -0.2) is 9.97 Å². The first-order chi connectivity index (χ1) is 17.3. The summed E-state index contributed by atoms with van der Waals surface area (Å²) in [7, 11) is 1.77. The van der Waals surface area contributed by atoms with Gasteiger partial charge in [-0.15, -0.1) is 0 Å². The highest BCUT2D eigenvalue weighted by Gasteiger charge is 2.22. The van der Waals surface area contributed by atoms with Crippen LogP contribution in [-0.4, -0.2) is 46.1 Å². The maximum absolute atomic E-state index is 13.1. The van der Waals surface area contributed by atoms with E-state index < -0.39 is 0 Å². The lowest BCUT2D eigenvalue weighted by Crippen LogP contribution is -2.32. The van der Waals surface area contributed by atoms with Gasteiger partial charge in [-0.05, 0) is 56.7 Å². The summed E-state index contributed by atoms with van der Waals surface area (Å²) >= 11 is 6.51. The number of likely N-dealkylation sites (N-methyl/N-ethyl adjacent to an activating group) is 1. The number of carbonyl (C=O) groups excluding carboxylic acids is 1. The Morgan fingerprint density at radius 3 is 2.69 bits per heavy atom. The fourth-order valence-electron chi connectivity index (χ4n) is 4.35. The van der Waals surface area contributed by atoms with Crippen LogP contribution in [0, 0.1) is 11.3 Å². The molecule has 4 rings (SSSR count). The highest BCUT2D eigenvalue weighted by molar-refractivity contribution is 6.32. The van der Waals surface area contributed by atoms with Crippen molar-refractivity contribution in [2.24, 2.45) is 4.99 Å². The standard InChI is InChI=1S/C28H26ClN5O2/c1-17-12-18(2)33-19(3)23(17)15-34(4)28(35)20-8-9-27(24(29)13-20)36-26-7-5-6-21(22(26)14-30)25-10-11-31-16-32-25/h5-11,13,16,19H,12,15H2,1-4H3. The molecule has 1 atom stereocenters. The van der Waals surface area contributed by atoms with Gasteiger partial charge in [0.1, 0.15) is 29.5 Å². The molecule has 1 aromatic heterocycles. The number of benzene rings is 2. The zero-order valence-corrected chi connectivity index (χ0v) is 21.4.